The van der Waals surface area contributed by atoms with Gasteiger partial charge in [-0.1, -0.05) is 32.9 Å². The van der Waals surface area contributed by atoms with Crippen molar-refractivity contribution < 1.29 is 47.9 Å². The van der Waals surface area contributed by atoms with E-state index in [1.165, 1.54) is 21.0 Å². The number of ether oxygens (including phenoxy) is 1. The number of carbonyl (C=O) groups excluding carboxylic acids is 2. The van der Waals surface area contributed by atoms with Gasteiger partial charge in [0.15, 0.2) is 0 Å². The molecule has 0 saturated carbocycles. The second-order valence-electron chi connectivity index (χ2n) is 8.84. The molecule has 0 radical (unpaired) electrons. The Hall–Kier alpha value is -1.57. The van der Waals surface area contributed by atoms with Crippen LogP contribution in [0.1, 0.15) is 61.3 Å². The number of nitrogens with one attached hydrogen (secondary N) is 1. The maximum Gasteiger partial charge on any atom is 0.313 e. The number of rotatable bonds is 13. The first-order valence-electron chi connectivity index (χ1n) is 11.1. The molecular weight excluding hydrogens is 468 g/mol. The van der Waals surface area contributed by atoms with Gasteiger partial charge < -0.3 is 25.4 Å². The molecule has 0 saturated heterocycles. The lowest BCUT2D eigenvalue weighted by Gasteiger charge is -2.28. The molecular formula is C22H46N2O9S. The zero-order valence-electron chi connectivity index (χ0n) is 22.1. The van der Waals surface area contributed by atoms with E-state index in [0.29, 0.717) is 26.1 Å². The minimum absolute atomic E-state index is 0.157. The largest absolute Gasteiger partial charge is 0.748 e. The van der Waals surface area contributed by atoms with Crippen molar-refractivity contribution >= 4 is 22.0 Å². The minimum Gasteiger partial charge on any atom is -0.748 e. The standard InChI is InChI=1S/C9H19NO4S.C7H14O3.C6H13NO2/c1-5-7(2)8(11)10-9(3,4)6-15(12,13)14;1-4-7(2,5-8)6(9)10-3;1-6(2)5-9-8-4-3-7/h7H,5-6H2,1-4H3,(H,10,11)(H,12,13,14);8H,4-5H2,1-3H3;1,3-5,7H2,2H3. The fourth-order valence-corrected chi connectivity index (χ4v) is 2.90. The third-order valence-electron chi connectivity index (χ3n) is 4.48. The van der Waals surface area contributed by atoms with E-state index in [1.807, 2.05) is 20.8 Å². The lowest BCUT2D eigenvalue weighted by molar-refractivity contribution is -0.401. The van der Waals surface area contributed by atoms with E-state index in [2.05, 4.69) is 27.3 Å². The van der Waals surface area contributed by atoms with E-state index in [4.69, 9.17) is 9.99 Å². The maximum absolute atomic E-state index is 11.5. The lowest BCUT2D eigenvalue weighted by atomic mass is 9.89. The molecule has 0 fully saturated rings. The Labute approximate surface area is 205 Å². The van der Waals surface area contributed by atoms with Crippen LogP contribution in [0.15, 0.2) is 12.2 Å². The topological polar surface area (TPSA) is 179 Å². The normalized spacial score (nSPS) is 13.7. The third kappa shape index (κ3) is 21.0. The molecule has 0 spiro atoms. The molecule has 11 nitrogen and oxygen atoms in total. The molecule has 204 valence electrons. The number of hydrogen-bond donors (Lipinski definition) is 3. The molecule has 2 atom stereocenters. The second kappa shape index (κ2) is 18.7. The zero-order valence-corrected chi connectivity index (χ0v) is 22.9. The Kier molecular flexibility index (Phi) is 20.4. The highest BCUT2D eigenvalue weighted by Gasteiger charge is 2.31. The molecule has 2 unspecified atom stereocenters. The maximum atomic E-state index is 11.5. The van der Waals surface area contributed by atoms with Gasteiger partial charge in [-0.15, -0.1) is 0 Å². The molecule has 0 bridgehead atoms. The molecule has 0 aliphatic rings. The molecule has 0 aromatic carbocycles. The molecule has 1 amide bonds. The molecule has 0 aromatic heterocycles. The van der Waals surface area contributed by atoms with Gasteiger partial charge in [-0.05, 0) is 40.5 Å². The summed E-state index contributed by atoms with van der Waals surface area (Å²) < 4.78 is 36.2. The number of methoxy groups -OCH3 is 1. The van der Waals surface area contributed by atoms with Crippen LogP contribution < -0.4 is 11.1 Å². The van der Waals surface area contributed by atoms with Gasteiger partial charge in [0.25, 0.3) is 0 Å². The molecule has 12 heteroatoms. The third-order valence-corrected chi connectivity index (χ3v) is 5.56. The summed E-state index contributed by atoms with van der Waals surface area (Å²) in [6.45, 7) is 17.3. The fourth-order valence-electron chi connectivity index (χ4n) is 1.95. The van der Waals surface area contributed by atoms with Crippen LogP contribution in [0.25, 0.3) is 0 Å². The Balaban J connectivity index is -0.000000444. The number of esters is 1. The van der Waals surface area contributed by atoms with Gasteiger partial charge in [0.2, 0.25) is 5.91 Å². The van der Waals surface area contributed by atoms with E-state index >= 15 is 0 Å². The Morgan fingerprint density at radius 3 is 2.03 bits per heavy atom. The number of aliphatic hydroxyl groups is 1. The molecule has 0 aliphatic carbocycles. The van der Waals surface area contributed by atoms with E-state index in [9.17, 15) is 22.6 Å². The molecule has 34 heavy (non-hydrogen) atoms. The average molecular weight is 515 g/mol. The molecule has 0 aliphatic heterocycles. The van der Waals surface area contributed by atoms with Gasteiger partial charge in [-0.25, -0.2) is 18.2 Å². The predicted octanol–water partition coefficient (Wildman–Crippen LogP) is 0.793. The first-order chi connectivity index (χ1) is 15.4. The highest BCUT2D eigenvalue weighted by atomic mass is 32.2. The SMILES string of the molecule is C=C(C)COOCC[NH3+].CCC(C)(CO)C(=O)OC.CCC(C)C(=O)NC(C)(C)CS(=O)(=O)[O-]. The predicted molar refractivity (Wildman–Crippen MR) is 128 cm³/mol. The van der Waals surface area contributed by atoms with Crippen molar-refractivity contribution in [3.05, 3.63) is 12.2 Å². The van der Waals surface area contributed by atoms with Crippen molar-refractivity contribution in [3.8, 4) is 0 Å². The van der Waals surface area contributed by atoms with E-state index < -0.39 is 26.8 Å². The number of carbonyl (C=O) groups is 2. The van der Waals surface area contributed by atoms with Crippen LogP contribution in [0.5, 0.6) is 0 Å². The highest BCUT2D eigenvalue weighted by molar-refractivity contribution is 7.85. The number of aliphatic hydroxyl groups excluding tert-OH is 1. The number of hydrogen-bond acceptors (Lipinski definition) is 9. The van der Waals surface area contributed by atoms with Crippen molar-refractivity contribution in [2.45, 2.75) is 66.8 Å². The van der Waals surface area contributed by atoms with Crippen LogP contribution in [0.2, 0.25) is 0 Å². The smallest absolute Gasteiger partial charge is 0.313 e. The van der Waals surface area contributed by atoms with Gasteiger partial charge in [0.1, 0.15) is 19.8 Å². The van der Waals surface area contributed by atoms with Crippen LogP contribution in [0.3, 0.4) is 0 Å². The quantitative estimate of drug-likeness (QED) is 0.0800. The minimum atomic E-state index is -4.32. The van der Waals surface area contributed by atoms with Gasteiger partial charge in [-0.2, -0.15) is 0 Å². The van der Waals surface area contributed by atoms with Crippen molar-refractivity contribution in [1.29, 1.82) is 0 Å². The van der Waals surface area contributed by atoms with Crippen LogP contribution in [0.4, 0.5) is 0 Å². The first-order valence-corrected chi connectivity index (χ1v) is 12.7. The summed E-state index contributed by atoms with van der Waals surface area (Å²) in [6.07, 6.45) is 1.27. The average Bonchev–Trinajstić information content (AvgIpc) is 2.73. The molecule has 0 heterocycles. The molecule has 5 N–H and O–H groups in total. The summed E-state index contributed by atoms with van der Waals surface area (Å²) in [6, 6.07) is 0. The van der Waals surface area contributed by atoms with Crippen molar-refractivity contribution in [1.82, 2.24) is 5.32 Å². The van der Waals surface area contributed by atoms with Gasteiger partial charge in [0.05, 0.1) is 35.0 Å². The lowest BCUT2D eigenvalue weighted by Crippen LogP contribution is -2.52. The highest BCUT2D eigenvalue weighted by Crippen LogP contribution is 2.21. The molecule has 0 aromatic rings. The summed E-state index contributed by atoms with van der Waals surface area (Å²) in [5.41, 5.74) is 2.81. The van der Waals surface area contributed by atoms with E-state index in [0.717, 1.165) is 12.1 Å². The summed E-state index contributed by atoms with van der Waals surface area (Å²) >= 11 is 0. The first kappa shape index (κ1) is 37.0. The van der Waals surface area contributed by atoms with Crippen molar-refractivity contribution in [2.24, 2.45) is 11.3 Å². The van der Waals surface area contributed by atoms with Gasteiger partial charge >= 0.3 is 5.97 Å². The van der Waals surface area contributed by atoms with Crippen LogP contribution >= 0.6 is 0 Å². The number of amides is 1. The Morgan fingerprint density at radius 1 is 1.21 bits per heavy atom. The summed E-state index contributed by atoms with van der Waals surface area (Å²) in [4.78, 5) is 31.7. The molecule has 0 rings (SSSR count). The summed E-state index contributed by atoms with van der Waals surface area (Å²) in [5.74, 6) is -1.36. The summed E-state index contributed by atoms with van der Waals surface area (Å²) in [7, 11) is -3.00. The Bertz CT molecular complexity index is 690. The second-order valence-corrected chi connectivity index (χ2v) is 10.2. The summed E-state index contributed by atoms with van der Waals surface area (Å²) in [5, 5.41) is 11.3. The van der Waals surface area contributed by atoms with Gasteiger partial charge in [0, 0.05) is 11.5 Å². The van der Waals surface area contributed by atoms with E-state index in [-0.39, 0.29) is 24.4 Å². The van der Waals surface area contributed by atoms with Crippen molar-refractivity contribution in [2.75, 3.05) is 39.2 Å². The van der Waals surface area contributed by atoms with Crippen LogP contribution in [-0.2, 0) is 34.2 Å². The van der Waals surface area contributed by atoms with Gasteiger partial charge in [-0.3, -0.25) is 9.59 Å². The number of quaternary nitrogens is 1. The van der Waals surface area contributed by atoms with Crippen molar-refractivity contribution in [3.63, 3.8) is 0 Å². The van der Waals surface area contributed by atoms with Crippen LogP contribution in [-0.4, -0.2) is 74.7 Å². The van der Waals surface area contributed by atoms with E-state index in [1.54, 1.807) is 13.8 Å². The van der Waals surface area contributed by atoms with Crippen LogP contribution in [0, 0.1) is 11.3 Å². The Morgan fingerprint density at radius 2 is 1.74 bits per heavy atom. The fraction of sp³-hybridized carbons (Fsp3) is 0.818. The zero-order chi connectivity index (χ0) is 27.6. The monoisotopic (exact) mass is 514 g/mol.